The normalized spacial score (nSPS) is 24.3. The number of rotatable bonds is 3. The molecule has 4 rings (SSSR count). The number of nitro benzene ring substituents is 1. The lowest BCUT2D eigenvalue weighted by Gasteiger charge is -2.55. The summed E-state index contributed by atoms with van der Waals surface area (Å²) in [6.45, 7) is 2.30. The first-order valence-corrected chi connectivity index (χ1v) is 10.4. The standard InChI is InChI=1S/C21H24N4O7/c1-4-32-17(26)12-7-8-24-15-6-5-14(25(30)31)9-13(15)11-21(16(24)10-12)18(27)22(2)20(29)23(3)19(21)28/h5-6,9,12,16H,4,7-8,10-11H2,1-3H3/t12-,16+/m1/s1. The molecule has 2 fully saturated rings. The van der Waals surface area contributed by atoms with Gasteiger partial charge < -0.3 is 9.64 Å². The molecular formula is C21H24N4O7. The van der Waals surface area contributed by atoms with Gasteiger partial charge >= 0.3 is 12.0 Å². The third-order valence-electron chi connectivity index (χ3n) is 6.79. The smallest absolute Gasteiger partial charge is 0.332 e. The van der Waals surface area contributed by atoms with E-state index in [-0.39, 0.29) is 31.1 Å². The van der Waals surface area contributed by atoms with Crippen LogP contribution in [0.4, 0.5) is 16.2 Å². The third-order valence-corrected chi connectivity index (χ3v) is 6.79. The largest absolute Gasteiger partial charge is 0.466 e. The number of non-ortho nitro benzene ring substituents is 1. The quantitative estimate of drug-likeness (QED) is 0.295. The van der Waals surface area contributed by atoms with Crippen LogP contribution in [0.3, 0.4) is 0 Å². The average Bonchev–Trinajstić information content (AvgIpc) is 2.79. The zero-order valence-corrected chi connectivity index (χ0v) is 18.1. The molecule has 0 unspecified atom stereocenters. The SMILES string of the molecule is CCOC(=O)[C@@H]1CCN2c3ccc([N+](=O)[O-])cc3CC3(C(=O)N(C)C(=O)N(C)C3=O)[C@@H]2C1. The Morgan fingerprint density at radius 1 is 1.22 bits per heavy atom. The number of barbiturate groups is 1. The topological polar surface area (TPSA) is 130 Å². The lowest BCUT2D eigenvalue weighted by Crippen LogP contribution is -2.72. The Morgan fingerprint density at radius 2 is 1.88 bits per heavy atom. The minimum Gasteiger partial charge on any atom is -0.466 e. The summed E-state index contributed by atoms with van der Waals surface area (Å²) in [7, 11) is 2.63. The Bertz CT molecular complexity index is 1010. The van der Waals surface area contributed by atoms with Crippen LogP contribution in [-0.2, 0) is 25.5 Å². The van der Waals surface area contributed by atoms with Crippen molar-refractivity contribution in [2.75, 3.05) is 32.1 Å². The Kier molecular flexibility index (Phi) is 5.14. The number of imide groups is 2. The Balaban J connectivity index is 1.87. The van der Waals surface area contributed by atoms with E-state index in [1.165, 1.54) is 26.2 Å². The first-order valence-electron chi connectivity index (χ1n) is 10.4. The summed E-state index contributed by atoms with van der Waals surface area (Å²) < 4.78 is 5.18. The van der Waals surface area contributed by atoms with Crippen molar-refractivity contribution in [3.05, 3.63) is 33.9 Å². The second kappa shape index (κ2) is 7.57. The molecule has 0 N–H and O–H groups in total. The molecule has 11 nitrogen and oxygen atoms in total. The molecule has 0 aromatic heterocycles. The molecule has 0 bridgehead atoms. The van der Waals surface area contributed by atoms with Gasteiger partial charge in [0.05, 0.1) is 23.5 Å². The van der Waals surface area contributed by atoms with Crippen LogP contribution < -0.4 is 4.90 Å². The molecule has 1 aromatic rings. The molecule has 4 amide bonds. The van der Waals surface area contributed by atoms with Crippen molar-refractivity contribution in [3.8, 4) is 0 Å². The van der Waals surface area contributed by atoms with E-state index in [2.05, 4.69) is 0 Å². The molecule has 0 aliphatic carbocycles. The summed E-state index contributed by atoms with van der Waals surface area (Å²) in [6.07, 6.45) is 0.553. The lowest BCUT2D eigenvalue weighted by molar-refractivity contribution is -0.384. The van der Waals surface area contributed by atoms with E-state index in [1.54, 1.807) is 13.0 Å². The Labute approximate surface area is 184 Å². The number of carbonyl (C=O) groups is 4. The molecule has 0 radical (unpaired) electrons. The van der Waals surface area contributed by atoms with Gasteiger partial charge in [0.15, 0.2) is 5.41 Å². The highest BCUT2D eigenvalue weighted by atomic mass is 16.6. The van der Waals surface area contributed by atoms with Gasteiger partial charge in [-0.2, -0.15) is 0 Å². The van der Waals surface area contributed by atoms with Crippen molar-refractivity contribution in [2.45, 2.75) is 32.2 Å². The number of urea groups is 1. The molecule has 3 aliphatic heterocycles. The Morgan fingerprint density at radius 3 is 2.47 bits per heavy atom. The van der Waals surface area contributed by atoms with Crippen LogP contribution in [0.2, 0.25) is 0 Å². The van der Waals surface area contributed by atoms with Crippen LogP contribution in [0.5, 0.6) is 0 Å². The number of piperidine rings is 1. The number of amides is 4. The predicted molar refractivity (Wildman–Crippen MR) is 111 cm³/mol. The molecule has 170 valence electrons. The van der Waals surface area contributed by atoms with Gasteiger partial charge in [0.1, 0.15) is 0 Å². The molecule has 1 spiro atoms. The maximum atomic E-state index is 13.5. The fourth-order valence-corrected chi connectivity index (χ4v) is 5.25. The number of esters is 1. The first kappa shape index (κ1) is 21.7. The number of anilines is 1. The molecule has 3 aliphatic rings. The number of nitrogens with zero attached hydrogens (tertiary/aromatic N) is 4. The highest BCUT2D eigenvalue weighted by molar-refractivity contribution is 6.20. The van der Waals surface area contributed by atoms with Gasteiger partial charge in [-0.15, -0.1) is 0 Å². The number of hydrogen-bond donors (Lipinski definition) is 0. The first-order chi connectivity index (χ1) is 15.1. The average molecular weight is 444 g/mol. The van der Waals surface area contributed by atoms with E-state index in [0.29, 0.717) is 24.2 Å². The number of fused-ring (bicyclic) bond motifs is 4. The van der Waals surface area contributed by atoms with Gasteiger partial charge in [-0.1, -0.05) is 0 Å². The van der Waals surface area contributed by atoms with Crippen LogP contribution in [0, 0.1) is 21.4 Å². The summed E-state index contributed by atoms with van der Waals surface area (Å²) in [6, 6.07) is 2.95. The molecule has 32 heavy (non-hydrogen) atoms. The number of ether oxygens (including phenoxy) is 1. The van der Waals surface area contributed by atoms with Gasteiger partial charge in [0.2, 0.25) is 11.8 Å². The van der Waals surface area contributed by atoms with Crippen molar-refractivity contribution >= 4 is 35.2 Å². The van der Waals surface area contributed by atoms with Gasteiger partial charge in [0, 0.05) is 44.9 Å². The molecule has 2 atom stereocenters. The van der Waals surface area contributed by atoms with E-state index in [0.717, 1.165) is 9.80 Å². The van der Waals surface area contributed by atoms with Crippen molar-refractivity contribution in [2.24, 2.45) is 11.3 Å². The van der Waals surface area contributed by atoms with Gasteiger partial charge in [-0.25, -0.2) is 4.79 Å². The van der Waals surface area contributed by atoms with E-state index in [1.807, 2.05) is 4.90 Å². The Hall–Kier alpha value is -3.50. The maximum absolute atomic E-state index is 13.5. The van der Waals surface area contributed by atoms with E-state index >= 15 is 0 Å². The van der Waals surface area contributed by atoms with Crippen LogP contribution >= 0.6 is 0 Å². The second-order valence-electron chi connectivity index (χ2n) is 8.41. The van der Waals surface area contributed by atoms with Crippen molar-refractivity contribution < 1.29 is 28.8 Å². The maximum Gasteiger partial charge on any atom is 0.332 e. The zero-order chi connectivity index (χ0) is 23.4. The van der Waals surface area contributed by atoms with Gasteiger partial charge in [-0.3, -0.25) is 34.3 Å². The minimum atomic E-state index is -1.68. The molecule has 0 saturated carbocycles. The van der Waals surface area contributed by atoms with Crippen LogP contribution in [0.1, 0.15) is 25.3 Å². The summed E-state index contributed by atoms with van der Waals surface area (Å²) in [5.74, 6) is -2.21. The summed E-state index contributed by atoms with van der Waals surface area (Å²) in [4.78, 5) is 66.5. The van der Waals surface area contributed by atoms with Gasteiger partial charge in [0.25, 0.3) is 5.69 Å². The van der Waals surface area contributed by atoms with Crippen molar-refractivity contribution in [3.63, 3.8) is 0 Å². The fourth-order valence-electron chi connectivity index (χ4n) is 5.25. The fraction of sp³-hybridized carbons (Fsp3) is 0.524. The number of hydrogen-bond acceptors (Lipinski definition) is 8. The molecule has 11 heteroatoms. The highest BCUT2D eigenvalue weighted by Gasteiger charge is 2.64. The molecular weight excluding hydrogens is 420 g/mol. The van der Waals surface area contributed by atoms with Crippen molar-refractivity contribution in [1.82, 2.24) is 9.80 Å². The highest BCUT2D eigenvalue weighted by Crippen LogP contribution is 2.50. The number of nitro groups is 1. The predicted octanol–water partition coefficient (Wildman–Crippen LogP) is 1.34. The van der Waals surface area contributed by atoms with E-state index in [9.17, 15) is 29.3 Å². The van der Waals surface area contributed by atoms with E-state index in [4.69, 9.17) is 4.74 Å². The monoisotopic (exact) mass is 444 g/mol. The van der Waals surface area contributed by atoms with E-state index < -0.39 is 40.1 Å². The molecule has 2 saturated heterocycles. The summed E-state index contributed by atoms with van der Waals surface area (Å²) >= 11 is 0. The molecule has 3 heterocycles. The second-order valence-corrected chi connectivity index (χ2v) is 8.41. The van der Waals surface area contributed by atoms with Crippen LogP contribution in [-0.4, -0.2) is 71.8 Å². The zero-order valence-electron chi connectivity index (χ0n) is 18.1. The summed E-state index contributed by atoms with van der Waals surface area (Å²) in [5, 5.41) is 11.3. The number of benzene rings is 1. The van der Waals surface area contributed by atoms with Gasteiger partial charge in [-0.05, 0) is 31.4 Å². The third kappa shape index (κ3) is 2.94. The summed E-state index contributed by atoms with van der Waals surface area (Å²) in [5.41, 5.74) is -0.642. The van der Waals surface area contributed by atoms with Crippen LogP contribution in [0.25, 0.3) is 0 Å². The van der Waals surface area contributed by atoms with Crippen molar-refractivity contribution in [1.29, 1.82) is 0 Å². The van der Waals surface area contributed by atoms with Crippen LogP contribution in [0.15, 0.2) is 18.2 Å². The molecule has 1 aromatic carbocycles. The number of carbonyl (C=O) groups excluding carboxylic acids is 4. The minimum absolute atomic E-state index is 0.0969. The lowest BCUT2D eigenvalue weighted by atomic mass is 9.64.